The van der Waals surface area contributed by atoms with Crippen molar-refractivity contribution in [2.75, 3.05) is 0 Å². The predicted octanol–water partition coefficient (Wildman–Crippen LogP) is 1.56. The van der Waals surface area contributed by atoms with E-state index in [1.165, 1.54) is 0 Å². The Kier molecular flexibility index (Phi) is 3.55. The van der Waals surface area contributed by atoms with Crippen LogP contribution in [0, 0.1) is 0 Å². The molecule has 0 aromatic carbocycles. The second-order valence-electron chi connectivity index (χ2n) is 5.69. The highest BCUT2D eigenvalue weighted by atomic mass is 16.5. The number of piperidine rings is 1. The van der Waals surface area contributed by atoms with Gasteiger partial charge in [0, 0.05) is 25.1 Å². The zero-order valence-electron chi connectivity index (χ0n) is 11.4. The lowest BCUT2D eigenvalue weighted by Gasteiger charge is -2.22. The molecule has 0 bridgehead atoms. The molecule has 1 saturated heterocycles. The van der Waals surface area contributed by atoms with Crippen LogP contribution in [-0.2, 0) is 15.0 Å². The van der Waals surface area contributed by atoms with E-state index in [9.17, 15) is 9.59 Å². The number of carbonyl (C=O) groups excluding carboxylic acids is 2. The number of ether oxygens (including phenoxy) is 1. The Labute approximate surface area is 112 Å². The van der Waals surface area contributed by atoms with Gasteiger partial charge in [-0.2, -0.15) is 0 Å². The van der Waals surface area contributed by atoms with E-state index in [0.29, 0.717) is 18.7 Å². The standard InChI is InChI=1S/C14H18N2O3/c1-14(2,3)9-4-7-12(15-8-9)19-10-5-6-11(17)16-13(10)18/h4,7-8,10H,5-6H2,1-3H3,(H,16,17,18). The SMILES string of the molecule is CC(C)(C)c1ccc(OC2CCC(=O)NC2=O)nc1. The van der Waals surface area contributed by atoms with Crippen LogP contribution in [0.1, 0.15) is 39.2 Å². The Balaban J connectivity index is 2.04. The first-order valence-corrected chi connectivity index (χ1v) is 6.33. The van der Waals surface area contributed by atoms with E-state index < -0.39 is 12.0 Å². The van der Waals surface area contributed by atoms with Crippen LogP contribution >= 0.6 is 0 Å². The third kappa shape index (κ3) is 3.30. The van der Waals surface area contributed by atoms with E-state index in [-0.39, 0.29) is 11.3 Å². The molecule has 0 spiro atoms. The highest BCUT2D eigenvalue weighted by Gasteiger charge is 2.28. The molecule has 102 valence electrons. The van der Waals surface area contributed by atoms with E-state index in [2.05, 4.69) is 31.1 Å². The van der Waals surface area contributed by atoms with Crippen LogP contribution < -0.4 is 10.1 Å². The first-order valence-electron chi connectivity index (χ1n) is 6.33. The van der Waals surface area contributed by atoms with Gasteiger partial charge >= 0.3 is 0 Å². The molecule has 1 atom stereocenters. The zero-order chi connectivity index (χ0) is 14.0. The second kappa shape index (κ2) is 4.99. The van der Waals surface area contributed by atoms with Gasteiger partial charge in [0.2, 0.25) is 11.8 Å². The van der Waals surface area contributed by atoms with Gasteiger partial charge in [-0.25, -0.2) is 4.98 Å². The third-order valence-corrected chi connectivity index (χ3v) is 3.05. The monoisotopic (exact) mass is 262 g/mol. The maximum Gasteiger partial charge on any atom is 0.267 e. The number of nitrogens with one attached hydrogen (secondary N) is 1. The smallest absolute Gasteiger partial charge is 0.267 e. The maximum atomic E-state index is 11.6. The molecular formula is C14H18N2O3. The quantitative estimate of drug-likeness (QED) is 0.821. The van der Waals surface area contributed by atoms with Crippen LogP contribution in [0.3, 0.4) is 0 Å². The maximum absolute atomic E-state index is 11.6. The summed E-state index contributed by atoms with van der Waals surface area (Å²) in [6.45, 7) is 6.31. The van der Waals surface area contributed by atoms with Crippen LogP contribution in [0.15, 0.2) is 18.3 Å². The van der Waals surface area contributed by atoms with Gasteiger partial charge in [0.15, 0.2) is 6.10 Å². The topological polar surface area (TPSA) is 68.3 Å². The number of pyridine rings is 1. The highest BCUT2D eigenvalue weighted by molar-refractivity contribution is 5.99. The minimum absolute atomic E-state index is 0.0279. The van der Waals surface area contributed by atoms with Crippen molar-refractivity contribution in [1.82, 2.24) is 10.3 Å². The van der Waals surface area contributed by atoms with Crippen LogP contribution in [0.4, 0.5) is 0 Å². The Morgan fingerprint density at radius 3 is 2.58 bits per heavy atom. The Bertz CT molecular complexity index is 488. The molecular weight excluding hydrogens is 244 g/mol. The van der Waals surface area contributed by atoms with Crippen molar-refractivity contribution < 1.29 is 14.3 Å². The van der Waals surface area contributed by atoms with Crippen LogP contribution in [0.2, 0.25) is 0 Å². The summed E-state index contributed by atoms with van der Waals surface area (Å²) in [5.74, 6) is -0.235. The summed E-state index contributed by atoms with van der Waals surface area (Å²) < 4.78 is 5.51. The average molecular weight is 262 g/mol. The molecule has 5 nitrogen and oxygen atoms in total. The summed E-state index contributed by atoms with van der Waals surface area (Å²) in [5.41, 5.74) is 1.13. The minimum Gasteiger partial charge on any atom is -0.464 e. The van der Waals surface area contributed by atoms with Crippen molar-refractivity contribution in [3.05, 3.63) is 23.9 Å². The number of rotatable bonds is 2. The molecule has 1 fully saturated rings. The summed E-state index contributed by atoms with van der Waals surface area (Å²) in [4.78, 5) is 26.8. The fourth-order valence-electron chi connectivity index (χ4n) is 1.83. The Morgan fingerprint density at radius 1 is 1.32 bits per heavy atom. The Morgan fingerprint density at radius 2 is 2.05 bits per heavy atom. The molecule has 0 radical (unpaired) electrons. The van der Waals surface area contributed by atoms with Crippen molar-refractivity contribution in [2.24, 2.45) is 0 Å². The number of carbonyl (C=O) groups is 2. The van der Waals surface area contributed by atoms with Crippen molar-refractivity contribution >= 4 is 11.8 Å². The summed E-state index contributed by atoms with van der Waals surface area (Å²) in [6.07, 6.45) is 1.82. The van der Waals surface area contributed by atoms with E-state index in [1.807, 2.05) is 6.07 Å². The molecule has 1 aromatic heterocycles. The second-order valence-corrected chi connectivity index (χ2v) is 5.69. The van der Waals surface area contributed by atoms with Crippen LogP contribution in [0.25, 0.3) is 0 Å². The molecule has 5 heteroatoms. The fourth-order valence-corrected chi connectivity index (χ4v) is 1.83. The van der Waals surface area contributed by atoms with Gasteiger partial charge in [-0.3, -0.25) is 14.9 Å². The molecule has 1 aromatic rings. The van der Waals surface area contributed by atoms with Crippen molar-refractivity contribution in [3.8, 4) is 5.88 Å². The summed E-state index contributed by atoms with van der Waals surface area (Å²) in [7, 11) is 0. The molecule has 1 unspecified atom stereocenters. The molecule has 19 heavy (non-hydrogen) atoms. The fraction of sp³-hybridized carbons (Fsp3) is 0.500. The molecule has 1 aliphatic rings. The first kappa shape index (κ1) is 13.5. The number of hydrogen-bond donors (Lipinski definition) is 1. The van der Waals surface area contributed by atoms with Gasteiger partial charge < -0.3 is 4.74 Å². The number of nitrogens with zero attached hydrogens (tertiary/aromatic N) is 1. The highest BCUT2D eigenvalue weighted by Crippen LogP contribution is 2.23. The van der Waals surface area contributed by atoms with E-state index in [4.69, 9.17) is 4.74 Å². The largest absolute Gasteiger partial charge is 0.464 e. The number of imide groups is 1. The van der Waals surface area contributed by atoms with Gasteiger partial charge in [0.05, 0.1) is 0 Å². The zero-order valence-corrected chi connectivity index (χ0v) is 11.4. The van der Waals surface area contributed by atoms with Crippen molar-refractivity contribution in [1.29, 1.82) is 0 Å². The van der Waals surface area contributed by atoms with Gasteiger partial charge in [-0.05, 0) is 11.0 Å². The Hall–Kier alpha value is -1.91. The number of hydrogen-bond acceptors (Lipinski definition) is 4. The van der Waals surface area contributed by atoms with E-state index in [1.54, 1.807) is 12.3 Å². The molecule has 1 aliphatic heterocycles. The lowest BCUT2D eigenvalue weighted by atomic mass is 9.88. The number of aromatic nitrogens is 1. The molecule has 2 amide bonds. The number of amides is 2. The predicted molar refractivity (Wildman–Crippen MR) is 69.7 cm³/mol. The average Bonchev–Trinajstić information content (AvgIpc) is 2.32. The summed E-state index contributed by atoms with van der Waals surface area (Å²) in [6, 6.07) is 3.69. The van der Waals surface area contributed by atoms with E-state index in [0.717, 1.165) is 5.56 Å². The van der Waals surface area contributed by atoms with E-state index >= 15 is 0 Å². The van der Waals surface area contributed by atoms with Gasteiger partial charge in [0.1, 0.15) is 0 Å². The molecule has 2 heterocycles. The third-order valence-electron chi connectivity index (χ3n) is 3.05. The van der Waals surface area contributed by atoms with Gasteiger partial charge in [-0.15, -0.1) is 0 Å². The lowest BCUT2D eigenvalue weighted by molar-refractivity contribution is -0.139. The molecule has 2 rings (SSSR count). The van der Waals surface area contributed by atoms with Gasteiger partial charge in [-0.1, -0.05) is 26.8 Å². The van der Waals surface area contributed by atoms with Crippen LogP contribution in [-0.4, -0.2) is 22.9 Å². The summed E-state index contributed by atoms with van der Waals surface area (Å²) in [5, 5.41) is 2.25. The van der Waals surface area contributed by atoms with Gasteiger partial charge in [0.25, 0.3) is 5.91 Å². The molecule has 0 saturated carbocycles. The first-order chi connectivity index (χ1) is 8.86. The molecule has 1 N–H and O–H groups in total. The van der Waals surface area contributed by atoms with Crippen molar-refractivity contribution in [2.45, 2.75) is 45.1 Å². The minimum atomic E-state index is -0.634. The molecule has 0 aliphatic carbocycles. The summed E-state index contributed by atoms with van der Waals surface area (Å²) >= 11 is 0. The normalized spacial score (nSPS) is 20.1. The van der Waals surface area contributed by atoms with Crippen LogP contribution in [0.5, 0.6) is 5.88 Å². The lowest BCUT2D eigenvalue weighted by Crippen LogP contribution is -2.46. The van der Waals surface area contributed by atoms with Crippen molar-refractivity contribution in [3.63, 3.8) is 0 Å².